The predicted octanol–water partition coefficient (Wildman–Crippen LogP) is 1.98. The normalized spacial score (nSPS) is 38.6. The summed E-state index contributed by atoms with van der Waals surface area (Å²) < 4.78 is 5.14. The molecular formula is C22H31N3O5. The van der Waals surface area contributed by atoms with Crippen molar-refractivity contribution in [3.8, 4) is 0 Å². The molecule has 4 saturated carbocycles. The van der Waals surface area contributed by atoms with Crippen LogP contribution in [0.3, 0.4) is 0 Å². The van der Waals surface area contributed by atoms with Gasteiger partial charge in [-0.2, -0.15) is 0 Å². The van der Waals surface area contributed by atoms with E-state index >= 15 is 0 Å². The lowest BCUT2D eigenvalue weighted by atomic mass is 9.52. The molecule has 2 heterocycles. The van der Waals surface area contributed by atoms with Crippen molar-refractivity contribution in [1.82, 2.24) is 14.7 Å². The number of carbonyl (C=O) groups excluding carboxylic acids is 4. The first-order valence-corrected chi connectivity index (χ1v) is 11.5. The molecule has 1 atom stereocenters. The number of piperidine rings is 1. The van der Waals surface area contributed by atoms with E-state index in [2.05, 4.69) is 0 Å². The fourth-order valence-corrected chi connectivity index (χ4v) is 7.22. The molecule has 0 radical (unpaired) electrons. The van der Waals surface area contributed by atoms with E-state index in [1.807, 2.05) is 4.90 Å². The van der Waals surface area contributed by atoms with Gasteiger partial charge in [-0.05, 0) is 82.6 Å². The van der Waals surface area contributed by atoms with Crippen molar-refractivity contribution >= 4 is 23.8 Å². The largest absolute Gasteiger partial charge is 0.466 e. The van der Waals surface area contributed by atoms with Crippen molar-refractivity contribution in [1.29, 1.82) is 0 Å². The summed E-state index contributed by atoms with van der Waals surface area (Å²) in [5.41, 5.74) is -0.456. The molecule has 0 unspecified atom stereocenters. The van der Waals surface area contributed by atoms with Crippen LogP contribution in [0.1, 0.15) is 58.3 Å². The molecular weight excluding hydrogens is 386 g/mol. The van der Waals surface area contributed by atoms with Crippen molar-refractivity contribution in [3.63, 3.8) is 0 Å². The molecule has 0 N–H and O–H groups in total. The van der Waals surface area contributed by atoms with Gasteiger partial charge in [0.1, 0.15) is 0 Å². The number of likely N-dealkylation sites (tertiary alicyclic amines) is 1. The summed E-state index contributed by atoms with van der Waals surface area (Å²) in [5, 5.41) is 0. The van der Waals surface area contributed by atoms with Gasteiger partial charge in [0.25, 0.3) is 0 Å². The second kappa shape index (κ2) is 7.32. The number of urea groups is 1. The van der Waals surface area contributed by atoms with Crippen LogP contribution in [-0.4, -0.2) is 70.4 Å². The van der Waals surface area contributed by atoms with Gasteiger partial charge in [0.15, 0.2) is 0 Å². The molecule has 6 fully saturated rings. The summed E-state index contributed by atoms with van der Waals surface area (Å²) in [4.78, 5) is 55.6. The summed E-state index contributed by atoms with van der Waals surface area (Å²) in [7, 11) is 0. The third-order valence-corrected chi connectivity index (χ3v) is 8.00. The van der Waals surface area contributed by atoms with Crippen LogP contribution in [0.25, 0.3) is 0 Å². The first kappa shape index (κ1) is 20.0. The number of carbonyl (C=O) groups is 4. The van der Waals surface area contributed by atoms with E-state index in [1.165, 1.54) is 24.2 Å². The first-order chi connectivity index (χ1) is 14.4. The van der Waals surface area contributed by atoms with E-state index in [0.717, 1.165) is 37.0 Å². The van der Waals surface area contributed by atoms with Crippen LogP contribution in [0.2, 0.25) is 0 Å². The van der Waals surface area contributed by atoms with Crippen molar-refractivity contribution in [2.45, 2.75) is 63.8 Å². The van der Waals surface area contributed by atoms with Crippen LogP contribution in [0, 0.1) is 23.7 Å². The van der Waals surface area contributed by atoms with Crippen LogP contribution in [-0.2, 0) is 19.1 Å². The van der Waals surface area contributed by atoms with E-state index in [1.54, 1.807) is 6.92 Å². The number of nitrogens with zero attached hydrogens (tertiary/aromatic N) is 3. The zero-order valence-electron chi connectivity index (χ0n) is 17.7. The zero-order valence-corrected chi connectivity index (χ0v) is 17.7. The molecule has 2 aliphatic heterocycles. The van der Waals surface area contributed by atoms with Crippen LogP contribution < -0.4 is 0 Å². The topological polar surface area (TPSA) is 87.2 Å². The van der Waals surface area contributed by atoms with Crippen LogP contribution >= 0.6 is 0 Å². The molecule has 4 bridgehead atoms. The van der Waals surface area contributed by atoms with Gasteiger partial charge in [0, 0.05) is 6.54 Å². The Kier molecular flexibility index (Phi) is 4.87. The molecule has 6 aliphatic rings. The number of hydrogen-bond donors (Lipinski definition) is 0. The third kappa shape index (κ3) is 3.15. The molecule has 2 saturated heterocycles. The Labute approximate surface area is 176 Å². The van der Waals surface area contributed by atoms with Crippen molar-refractivity contribution < 1.29 is 23.9 Å². The van der Waals surface area contributed by atoms with E-state index in [-0.39, 0.29) is 18.6 Å². The highest BCUT2D eigenvalue weighted by Gasteiger charge is 2.61. The Morgan fingerprint density at radius 3 is 2.27 bits per heavy atom. The van der Waals surface area contributed by atoms with Crippen molar-refractivity contribution in [2.75, 3.05) is 26.4 Å². The van der Waals surface area contributed by atoms with Gasteiger partial charge in [0.05, 0.1) is 24.7 Å². The number of ether oxygens (including phenoxy) is 1. The lowest BCUT2D eigenvalue weighted by Gasteiger charge is -2.58. The molecule has 0 spiro atoms. The van der Waals surface area contributed by atoms with E-state index in [4.69, 9.17) is 4.74 Å². The van der Waals surface area contributed by atoms with Crippen LogP contribution in [0.5, 0.6) is 0 Å². The highest BCUT2D eigenvalue weighted by molar-refractivity contribution is 6.44. The maximum Gasteiger partial charge on any atom is 0.335 e. The van der Waals surface area contributed by atoms with Gasteiger partial charge in [0.2, 0.25) is 0 Å². The maximum absolute atomic E-state index is 13.3. The lowest BCUT2D eigenvalue weighted by Crippen LogP contribution is -2.62. The van der Waals surface area contributed by atoms with Gasteiger partial charge in [-0.25, -0.2) is 14.6 Å². The second-order valence-electron chi connectivity index (χ2n) is 10.1. The van der Waals surface area contributed by atoms with E-state index in [0.29, 0.717) is 37.5 Å². The fourth-order valence-electron chi connectivity index (χ4n) is 7.22. The van der Waals surface area contributed by atoms with Gasteiger partial charge >= 0.3 is 23.8 Å². The van der Waals surface area contributed by atoms with Crippen LogP contribution in [0.15, 0.2) is 0 Å². The number of amides is 4. The molecule has 0 aromatic carbocycles. The summed E-state index contributed by atoms with van der Waals surface area (Å²) in [6.07, 6.45) is 7.72. The average Bonchev–Trinajstić information content (AvgIpc) is 2.91. The lowest BCUT2D eigenvalue weighted by molar-refractivity contribution is -0.151. The smallest absolute Gasteiger partial charge is 0.335 e. The fraction of sp³-hybridized carbons (Fsp3) is 0.818. The minimum atomic E-state index is -0.714. The molecule has 8 nitrogen and oxygen atoms in total. The Morgan fingerprint density at radius 2 is 1.67 bits per heavy atom. The molecule has 0 aromatic heterocycles. The third-order valence-electron chi connectivity index (χ3n) is 8.00. The average molecular weight is 418 g/mol. The summed E-state index contributed by atoms with van der Waals surface area (Å²) in [5.74, 6) is -0.112. The monoisotopic (exact) mass is 417 g/mol. The summed E-state index contributed by atoms with van der Waals surface area (Å²) >= 11 is 0. The molecule has 4 aliphatic carbocycles. The van der Waals surface area contributed by atoms with Crippen molar-refractivity contribution in [2.24, 2.45) is 23.7 Å². The predicted molar refractivity (Wildman–Crippen MR) is 106 cm³/mol. The standard InChI is InChI=1S/C22H31N3O5/c1-2-30-20(28)17-4-3-5-23(12-17)13-24-18(26)19(27)25(21(24)29)22-9-14-6-15(10-22)8-16(7-14)11-22/h14-17H,2-13H2,1H3/t14?,15?,16?,17-,22?/m1/s1. The number of imide groups is 2. The first-order valence-electron chi connectivity index (χ1n) is 11.5. The Bertz CT molecular complexity index is 745. The Hall–Kier alpha value is -1.96. The minimum Gasteiger partial charge on any atom is -0.466 e. The zero-order chi connectivity index (χ0) is 21.0. The maximum atomic E-state index is 13.3. The molecule has 0 aromatic rings. The minimum absolute atomic E-state index is 0.0716. The second-order valence-corrected chi connectivity index (χ2v) is 10.1. The quantitative estimate of drug-likeness (QED) is 0.386. The SMILES string of the molecule is CCOC(=O)[C@@H]1CCCN(CN2C(=O)C(=O)N(C34CC5CC(CC(C5)C3)C4)C2=O)C1. The number of rotatable bonds is 5. The van der Waals surface area contributed by atoms with Gasteiger partial charge < -0.3 is 4.74 Å². The highest BCUT2D eigenvalue weighted by atomic mass is 16.5. The number of hydrogen-bond acceptors (Lipinski definition) is 6. The molecule has 6 rings (SSSR count). The van der Waals surface area contributed by atoms with Crippen LogP contribution in [0.4, 0.5) is 4.79 Å². The number of esters is 1. The Balaban J connectivity index is 1.31. The molecule has 8 heteroatoms. The molecule has 164 valence electrons. The highest BCUT2D eigenvalue weighted by Crippen LogP contribution is 2.58. The Morgan fingerprint density at radius 1 is 1.03 bits per heavy atom. The summed E-state index contributed by atoms with van der Waals surface area (Å²) in [6, 6.07) is -0.454. The van der Waals surface area contributed by atoms with E-state index in [9.17, 15) is 19.2 Å². The van der Waals surface area contributed by atoms with Gasteiger partial charge in [-0.1, -0.05) is 0 Å². The van der Waals surface area contributed by atoms with Crippen molar-refractivity contribution in [3.05, 3.63) is 0 Å². The van der Waals surface area contributed by atoms with Gasteiger partial charge in [-0.3, -0.25) is 19.3 Å². The molecule has 4 amide bonds. The molecule has 30 heavy (non-hydrogen) atoms. The van der Waals surface area contributed by atoms with E-state index < -0.39 is 23.4 Å². The van der Waals surface area contributed by atoms with Gasteiger partial charge in [-0.15, -0.1) is 0 Å². The summed E-state index contributed by atoms with van der Waals surface area (Å²) in [6.45, 7) is 3.33.